The SMILES string of the molecule is C=CCC(NC(=O)OCC1c2ccccc2-c2ccccc21)C(=O)Nc1cc(C(=O)O)ccc1C. The number of carbonyl (C=O) groups is 3. The molecular formula is C28H26N2O5. The first-order chi connectivity index (χ1) is 16.9. The van der Waals surface area contributed by atoms with Crippen LogP contribution in [0.4, 0.5) is 10.5 Å². The summed E-state index contributed by atoms with van der Waals surface area (Å²) in [7, 11) is 0. The van der Waals surface area contributed by atoms with Gasteiger partial charge in [0.2, 0.25) is 5.91 Å². The van der Waals surface area contributed by atoms with Gasteiger partial charge in [0.05, 0.1) is 5.56 Å². The fourth-order valence-corrected chi connectivity index (χ4v) is 4.29. The van der Waals surface area contributed by atoms with Gasteiger partial charge in [0.25, 0.3) is 0 Å². The molecule has 0 spiro atoms. The summed E-state index contributed by atoms with van der Waals surface area (Å²) in [4.78, 5) is 36.8. The highest BCUT2D eigenvalue weighted by Crippen LogP contribution is 2.44. The van der Waals surface area contributed by atoms with Gasteiger partial charge in [-0.3, -0.25) is 4.79 Å². The van der Waals surface area contributed by atoms with Gasteiger partial charge in [-0.05, 0) is 53.3 Å². The molecule has 178 valence electrons. The fraction of sp³-hybridized carbons (Fsp3) is 0.179. The average molecular weight is 471 g/mol. The standard InChI is InChI=1S/C28H26N2O5/c1-3-8-24(26(31)29-25-15-18(27(32)33)14-13-17(25)2)30-28(34)35-16-23-21-11-6-4-9-19(21)20-10-5-7-12-22(20)23/h3-7,9-15,23-24H,1,8,16H2,2H3,(H,29,31)(H,30,34)(H,32,33). The Labute approximate surface area is 203 Å². The smallest absolute Gasteiger partial charge is 0.407 e. The number of carboxylic acid groups (broad SMARTS) is 1. The quantitative estimate of drug-likeness (QED) is 0.397. The topological polar surface area (TPSA) is 105 Å². The second kappa shape index (κ2) is 10.3. The summed E-state index contributed by atoms with van der Waals surface area (Å²) in [6.45, 7) is 5.54. The molecule has 1 atom stereocenters. The summed E-state index contributed by atoms with van der Waals surface area (Å²) >= 11 is 0. The van der Waals surface area contributed by atoms with Crippen LogP contribution < -0.4 is 10.6 Å². The van der Waals surface area contributed by atoms with Gasteiger partial charge in [-0.1, -0.05) is 60.7 Å². The summed E-state index contributed by atoms with van der Waals surface area (Å²) in [5, 5.41) is 14.5. The summed E-state index contributed by atoms with van der Waals surface area (Å²) in [6, 6.07) is 19.6. The number of benzene rings is 3. The lowest BCUT2D eigenvalue weighted by molar-refractivity contribution is -0.118. The number of aryl methyl sites for hydroxylation is 1. The fourth-order valence-electron chi connectivity index (χ4n) is 4.29. The molecule has 7 heteroatoms. The lowest BCUT2D eigenvalue weighted by Crippen LogP contribution is -2.44. The number of rotatable bonds is 8. The number of anilines is 1. The molecule has 7 nitrogen and oxygen atoms in total. The van der Waals surface area contributed by atoms with Crippen molar-refractivity contribution >= 4 is 23.7 Å². The molecule has 4 rings (SSSR count). The van der Waals surface area contributed by atoms with Gasteiger partial charge in [0.1, 0.15) is 12.6 Å². The van der Waals surface area contributed by atoms with Gasteiger partial charge in [-0.25, -0.2) is 9.59 Å². The first kappa shape index (κ1) is 23.8. The Hall–Kier alpha value is -4.39. The molecule has 3 aromatic carbocycles. The Morgan fingerprint density at radius 2 is 1.66 bits per heavy atom. The molecule has 3 N–H and O–H groups in total. The highest BCUT2D eigenvalue weighted by atomic mass is 16.5. The van der Waals surface area contributed by atoms with Crippen LogP contribution in [0.5, 0.6) is 0 Å². The molecule has 1 unspecified atom stereocenters. The largest absolute Gasteiger partial charge is 0.478 e. The van der Waals surface area contributed by atoms with Crippen molar-refractivity contribution in [2.24, 2.45) is 0 Å². The molecule has 1 aliphatic carbocycles. The van der Waals surface area contributed by atoms with E-state index < -0.39 is 24.0 Å². The van der Waals surface area contributed by atoms with Crippen LogP contribution in [0, 0.1) is 6.92 Å². The Balaban J connectivity index is 1.43. The van der Waals surface area contributed by atoms with Crippen LogP contribution >= 0.6 is 0 Å². The van der Waals surface area contributed by atoms with E-state index in [2.05, 4.69) is 29.3 Å². The van der Waals surface area contributed by atoms with Crippen LogP contribution in [-0.4, -0.2) is 35.7 Å². The Kier molecular flexibility index (Phi) is 6.96. The van der Waals surface area contributed by atoms with Crippen molar-refractivity contribution in [2.75, 3.05) is 11.9 Å². The number of hydrogen-bond acceptors (Lipinski definition) is 4. The zero-order valence-electron chi connectivity index (χ0n) is 19.3. The van der Waals surface area contributed by atoms with E-state index in [1.54, 1.807) is 13.0 Å². The molecule has 35 heavy (non-hydrogen) atoms. The monoisotopic (exact) mass is 470 g/mol. The van der Waals surface area contributed by atoms with Gasteiger partial charge in [0, 0.05) is 11.6 Å². The molecule has 3 aromatic rings. The molecular weight excluding hydrogens is 444 g/mol. The van der Waals surface area contributed by atoms with Crippen LogP contribution in [-0.2, 0) is 9.53 Å². The third-order valence-electron chi connectivity index (χ3n) is 6.10. The van der Waals surface area contributed by atoms with Crippen molar-refractivity contribution in [1.29, 1.82) is 0 Å². The first-order valence-electron chi connectivity index (χ1n) is 11.3. The molecule has 0 aliphatic heterocycles. The van der Waals surface area contributed by atoms with E-state index in [0.717, 1.165) is 22.3 Å². The maximum Gasteiger partial charge on any atom is 0.407 e. The Morgan fingerprint density at radius 1 is 1.03 bits per heavy atom. The zero-order chi connectivity index (χ0) is 24.9. The van der Waals surface area contributed by atoms with Crippen LogP contribution in [0.25, 0.3) is 11.1 Å². The molecule has 0 heterocycles. The number of carboxylic acids is 1. The lowest BCUT2D eigenvalue weighted by atomic mass is 9.98. The number of nitrogens with one attached hydrogen (secondary N) is 2. The summed E-state index contributed by atoms with van der Waals surface area (Å²) in [5.41, 5.74) is 5.54. The molecule has 0 saturated heterocycles. The number of ether oxygens (including phenoxy) is 1. The van der Waals surface area contributed by atoms with E-state index in [4.69, 9.17) is 4.74 Å². The third-order valence-corrected chi connectivity index (χ3v) is 6.10. The second-order valence-electron chi connectivity index (χ2n) is 8.37. The third kappa shape index (κ3) is 5.09. The number of aromatic carboxylic acids is 1. The number of alkyl carbamates (subject to hydrolysis) is 1. The molecule has 0 fully saturated rings. The van der Waals surface area contributed by atoms with E-state index in [1.807, 2.05) is 36.4 Å². The van der Waals surface area contributed by atoms with Gasteiger partial charge in [-0.2, -0.15) is 0 Å². The number of fused-ring (bicyclic) bond motifs is 3. The van der Waals surface area contributed by atoms with Gasteiger partial charge >= 0.3 is 12.1 Å². The minimum Gasteiger partial charge on any atom is -0.478 e. The molecule has 2 amide bonds. The number of amides is 2. The number of hydrogen-bond donors (Lipinski definition) is 3. The van der Waals surface area contributed by atoms with Gasteiger partial charge in [0.15, 0.2) is 0 Å². The highest BCUT2D eigenvalue weighted by Gasteiger charge is 2.29. The number of carbonyl (C=O) groups excluding carboxylic acids is 2. The van der Waals surface area contributed by atoms with Crippen molar-refractivity contribution in [3.63, 3.8) is 0 Å². The van der Waals surface area contributed by atoms with Crippen LogP contribution in [0.15, 0.2) is 79.4 Å². The van der Waals surface area contributed by atoms with Crippen molar-refractivity contribution in [3.05, 3.63) is 102 Å². The maximum atomic E-state index is 12.9. The Bertz CT molecular complexity index is 1250. The van der Waals surface area contributed by atoms with E-state index in [1.165, 1.54) is 18.2 Å². The summed E-state index contributed by atoms with van der Waals surface area (Å²) in [5.74, 6) is -1.69. The zero-order valence-corrected chi connectivity index (χ0v) is 19.3. The van der Waals surface area contributed by atoms with E-state index >= 15 is 0 Å². The van der Waals surface area contributed by atoms with Gasteiger partial charge in [-0.15, -0.1) is 6.58 Å². The molecule has 1 aliphatic rings. The van der Waals surface area contributed by atoms with Crippen LogP contribution in [0.1, 0.15) is 39.4 Å². The minimum atomic E-state index is -1.10. The lowest BCUT2D eigenvalue weighted by Gasteiger charge is -2.19. The summed E-state index contributed by atoms with van der Waals surface area (Å²) < 4.78 is 5.55. The first-order valence-corrected chi connectivity index (χ1v) is 11.3. The highest BCUT2D eigenvalue weighted by molar-refractivity contribution is 5.98. The maximum absolute atomic E-state index is 12.9. The van der Waals surface area contributed by atoms with Crippen molar-refractivity contribution in [3.8, 4) is 11.1 Å². The second-order valence-corrected chi connectivity index (χ2v) is 8.37. The predicted octanol–water partition coefficient (Wildman–Crippen LogP) is 5.12. The minimum absolute atomic E-state index is 0.0515. The molecule has 0 aromatic heterocycles. The van der Waals surface area contributed by atoms with Crippen LogP contribution in [0.3, 0.4) is 0 Å². The van der Waals surface area contributed by atoms with E-state index in [0.29, 0.717) is 11.3 Å². The van der Waals surface area contributed by atoms with Gasteiger partial charge < -0.3 is 20.5 Å². The van der Waals surface area contributed by atoms with Crippen LogP contribution in [0.2, 0.25) is 0 Å². The Morgan fingerprint density at radius 3 is 2.26 bits per heavy atom. The molecule has 0 saturated carbocycles. The normalized spacial score (nSPS) is 12.7. The van der Waals surface area contributed by atoms with Crippen molar-refractivity contribution in [2.45, 2.75) is 25.3 Å². The van der Waals surface area contributed by atoms with E-state index in [9.17, 15) is 19.5 Å². The predicted molar refractivity (Wildman–Crippen MR) is 134 cm³/mol. The van der Waals surface area contributed by atoms with E-state index in [-0.39, 0.29) is 24.5 Å². The van der Waals surface area contributed by atoms with Crippen molar-refractivity contribution in [1.82, 2.24) is 5.32 Å². The summed E-state index contributed by atoms with van der Waals surface area (Å²) in [6.07, 6.45) is 0.979. The van der Waals surface area contributed by atoms with Crippen molar-refractivity contribution < 1.29 is 24.2 Å². The average Bonchev–Trinajstić information content (AvgIpc) is 3.17. The molecule has 0 bridgehead atoms. The molecule has 0 radical (unpaired) electrons.